The van der Waals surface area contributed by atoms with Gasteiger partial charge in [-0.3, -0.25) is 0 Å². The van der Waals surface area contributed by atoms with Gasteiger partial charge in [-0.25, -0.2) is 0 Å². The van der Waals surface area contributed by atoms with E-state index in [2.05, 4.69) is 26.1 Å². The van der Waals surface area contributed by atoms with Crippen LogP contribution in [0.1, 0.15) is 46.5 Å². The molecule has 1 aliphatic carbocycles. The van der Waals surface area contributed by atoms with Crippen LogP contribution in [0, 0.1) is 11.3 Å². The Morgan fingerprint density at radius 2 is 1.68 bits per heavy atom. The van der Waals surface area contributed by atoms with Gasteiger partial charge in [0.15, 0.2) is 0 Å². The fourth-order valence-corrected chi connectivity index (χ4v) is 3.65. The molecule has 0 aromatic heterocycles. The summed E-state index contributed by atoms with van der Waals surface area (Å²) in [5, 5.41) is 2.63. The van der Waals surface area contributed by atoms with Crippen LogP contribution in [0.4, 0.5) is 0 Å². The van der Waals surface area contributed by atoms with E-state index in [1.54, 1.807) is 4.90 Å². The zero-order chi connectivity index (χ0) is 13.7. The van der Waals surface area contributed by atoms with Crippen molar-refractivity contribution in [2.75, 3.05) is 39.4 Å². The van der Waals surface area contributed by atoms with Gasteiger partial charge in [0.2, 0.25) is 0 Å². The lowest BCUT2D eigenvalue weighted by Gasteiger charge is -2.36. The van der Waals surface area contributed by atoms with Crippen LogP contribution in [0.5, 0.6) is 0 Å². The van der Waals surface area contributed by atoms with Gasteiger partial charge in [-0.15, -0.1) is 0 Å². The fourth-order valence-electron chi connectivity index (χ4n) is 3.65. The number of hydrogen-bond donors (Lipinski definition) is 2. The Balaban J connectivity index is 1.58. The topological polar surface area (TPSA) is 30.3 Å². The molecular weight excluding hydrogens is 236 g/mol. The van der Waals surface area contributed by atoms with Gasteiger partial charge in [-0.1, -0.05) is 20.8 Å². The maximum absolute atomic E-state index is 5.41. The van der Waals surface area contributed by atoms with Crippen LogP contribution in [0.25, 0.3) is 0 Å². The zero-order valence-corrected chi connectivity index (χ0v) is 13.2. The summed E-state index contributed by atoms with van der Waals surface area (Å²) >= 11 is 0. The van der Waals surface area contributed by atoms with Crippen LogP contribution >= 0.6 is 0 Å². The second-order valence-corrected chi connectivity index (χ2v) is 7.61. The predicted octanol–water partition coefficient (Wildman–Crippen LogP) is 0.0698. The van der Waals surface area contributed by atoms with E-state index < -0.39 is 0 Å². The number of nitrogens with one attached hydrogen (secondary N) is 1. The molecule has 3 heteroatoms. The van der Waals surface area contributed by atoms with E-state index in [1.165, 1.54) is 51.9 Å². The maximum atomic E-state index is 5.41. The second-order valence-electron chi connectivity index (χ2n) is 7.61. The van der Waals surface area contributed by atoms with E-state index in [-0.39, 0.29) is 0 Å². The van der Waals surface area contributed by atoms with E-state index in [1.807, 2.05) is 0 Å². The molecule has 0 amide bonds. The summed E-state index contributed by atoms with van der Waals surface area (Å²) in [5.74, 6) is 0.946. The van der Waals surface area contributed by atoms with Gasteiger partial charge in [0.1, 0.15) is 26.2 Å². The Kier molecular flexibility index (Phi) is 5.67. The molecule has 112 valence electrons. The molecule has 1 saturated heterocycles. The molecule has 0 aromatic rings. The first-order valence-corrected chi connectivity index (χ1v) is 8.30. The largest absolute Gasteiger partial charge is 0.370 e. The van der Waals surface area contributed by atoms with Crippen LogP contribution in [0.15, 0.2) is 0 Å². The Morgan fingerprint density at radius 3 is 2.26 bits per heavy atom. The lowest BCUT2D eigenvalue weighted by atomic mass is 9.71. The molecule has 2 rings (SSSR count). The SMILES string of the molecule is CC(C)(C)C1CCC([NH2+]CC[NH+]2CCOCC2)CC1. The maximum Gasteiger partial charge on any atom is 0.127 e. The fraction of sp³-hybridized carbons (Fsp3) is 1.00. The molecule has 1 heterocycles. The summed E-state index contributed by atoms with van der Waals surface area (Å²) < 4.78 is 5.41. The molecule has 2 fully saturated rings. The van der Waals surface area contributed by atoms with Crippen molar-refractivity contribution in [3.05, 3.63) is 0 Å². The lowest BCUT2D eigenvalue weighted by Crippen LogP contribution is -3.16. The van der Waals surface area contributed by atoms with Gasteiger partial charge >= 0.3 is 0 Å². The summed E-state index contributed by atoms with van der Waals surface area (Å²) in [6.45, 7) is 14.2. The van der Waals surface area contributed by atoms with Crippen LogP contribution in [0.2, 0.25) is 0 Å². The monoisotopic (exact) mass is 270 g/mol. The van der Waals surface area contributed by atoms with Crippen LogP contribution in [0.3, 0.4) is 0 Å². The Labute approximate surface area is 119 Å². The van der Waals surface area contributed by atoms with Crippen LogP contribution in [-0.2, 0) is 4.74 Å². The minimum absolute atomic E-state index is 0.517. The predicted molar refractivity (Wildman–Crippen MR) is 78.4 cm³/mol. The van der Waals surface area contributed by atoms with E-state index in [4.69, 9.17) is 4.74 Å². The second kappa shape index (κ2) is 7.05. The van der Waals surface area contributed by atoms with Crippen molar-refractivity contribution in [2.45, 2.75) is 52.5 Å². The molecule has 19 heavy (non-hydrogen) atoms. The number of nitrogens with two attached hydrogens (primary N) is 1. The number of ether oxygens (including phenoxy) is 1. The average molecular weight is 270 g/mol. The number of morpholine rings is 1. The first-order valence-electron chi connectivity index (χ1n) is 8.30. The van der Waals surface area contributed by atoms with Crippen molar-refractivity contribution >= 4 is 0 Å². The Morgan fingerprint density at radius 1 is 1.05 bits per heavy atom. The quantitative estimate of drug-likeness (QED) is 0.744. The smallest absolute Gasteiger partial charge is 0.127 e. The third-order valence-electron chi connectivity index (χ3n) is 5.19. The average Bonchev–Trinajstić information content (AvgIpc) is 2.39. The van der Waals surface area contributed by atoms with Crippen molar-refractivity contribution in [3.63, 3.8) is 0 Å². The summed E-state index contributed by atoms with van der Waals surface area (Å²) in [6, 6.07) is 0.902. The summed E-state index contributed by atoms with van der Waals surface area (Å²) in [6.07, 6.45) is 5.74. The highest BCUT2D eigenvalue weighted by molar-refractivity contribution is 4.79. The minimum atomic E-state index is 0.517. The molecular formula is C16H34N2O+2. The summed E-state index contributed by atoms with van der Waals surface area (Å²) in [7, 11) is 0. The molecule has 1 aliphatic heterocycles. The highest BCUT2D eigenvalue weighted by Gasteiger charge is 2.30. The van der Waals surface area contributed by atoms with Gasteiger partial charge in [-0.05, 0) is 37.0 Å². The standard InChI is InChI=1S/C16H32N2O/c1-16(2,3)14-4-6-15(7-5-14)17-8-9-18-10-12-19-13-11-18/h14-15,17H,4-13H2,1-3H3/p+2. The molecule has 0 atom stereocenters. The summed E-state index contributed by atoms with van der Waals surface area (Å²) in [4.78, 5) is 1.74. The van der Waals surface area contributed by atoms with Crippen LogP contribution < -0.4 is 10.2 Å². The molecule has 0 aromatic carbocycles. The summed E-state index contributed by atoms with van der Waals surface area (Å²) in [5.41, 5.74) is 0.517. The Hall–Kier alpha value is -0.120. The molecule has 0 unspecified atom stereocenters. The molecule has 3 N–H and O–H groups in total. The number of hydrogen-bond acceptors (Lipinski definition) is 1. The molecule has 1 saturated carbocycles. The van der Waals surface area contributed by atoms with E-state index in [0.29, 0.717) is 5.41 Å². The number of quaternary nitrogens is 2. The van der Waals surface area contributed by atoms with Crippen molar-refractivity contribution < 1.29 is 15.0 Å². The number of rotatable bonds is 4. The van der Waals surface area contributed by atoms with Gasteiger partial charge in [0.05, 0.1) is 19.3 Å². The van der Waals surface area contributed by atoms with Gasteiger partial charge < -0.3 is 15.0 Å². The molecule has 0 bridgehead atoms. The first kappa shape index (κ1) is 15.3. The molecule has 0 radical (unpaired) electrons. The minimum Gasteiger partial charge on any atom is -0.370 e. The van der Waals surface area contributed by atoms with Crippen molar-refractivity contribution in [2.24, 2.45) is 11.3 Å². The zero-order valence-electron chi connectivity index (χ0n) is 13.2. The molecule has 0 spiro atoms. The van der Waals surface area contributed by atoms with Crippen molar-refractivity contribution in [3.8, 4) is 0 Å². The van der Waals surface area contributed by atoms with Crippen molar-refractivity contribution in [1.29, 1.82) is 0 Å². The van der Waals surface area contributed by atoms with E-state index in [9.17, 15) is 0 Å². The normalized spacial score (nSPS) is 30.5. The van der Waals surface area contributed by atoms with Gasteiger partial charge in [0, 0.05) is 0 Å². The first-order chi connectivity index (χ1) is 9.05. The third kappa shape index (κ3) is 5.05. The Bertz CT molecular complexity index is 248. The lowest BCUT2D eigenvalue weighted by molar-refractivity contribution is -0.921. The van der Waals surface area contributed by atoms with Crippen LogP contribution in [-0.4, -0.2) is 45.4 Å². The van der Waals surface area contributed by atoms with Gasteiger partial charge in [0.25, 0.3) is 0 Å². The van der Waals surface area contributed by atoms with Crippen molar-refractivity contribution in [1.82, 2.24) is 0 Å². The molecule has 3 nitrogen and oxygen atoms in total. The third-order valence-corrected chi connectivity index (χ3v) is 5.19. The highest BCUT2D eigenvalue weighted by atomic mass is 16.5. The molecule has 2 aliphatic rings. The van der Waals surface area contributed by atoms with Gasteiger partial charge in [-0.2, -0.15) is 0 Å². The van der Waals surface area contributed by atoms with E-state index >= 15 is 0 Å². The highest BCUT2D eigenvalue weighted by Crippen LogP contribution is 2.36. The van der Waals surface area contributed by atoms with E-state index in [0.717, 1.165) is 25.2 Å².